The second-order valence-electron chi connectivity index (χ2n) is 9.16. The number of amides is 2. The average molecular weight is 376 g/mol. The van der Waals surface area contributed by atoms with Crippen LogP contribution in [0.15, 0.2) is 10.6 Å². The minimum Gasteiger partial charge on any atom is -0.360 e. The zero-order valence-corrected chi connectivity index (χ0v) is 17.1. The lowest BCUT2D eigenvalue weighted by molar-refractivity contribution is -0.138. The van der Waals surface area contributed by atoms with Crippen LogP contribution in [-0.4, -0.2) is 40.5 Å². The van der Waals surface area contributed by atoms with Crippen LogP contribution in [0.1, 0.15) is 94.8 Å². The van der Waals surface area contributed by atoms with Crippen LogP contribution in [0, 0.1) is 5.41 Å². The predicted octanol–water partition coefficient (Wildman–Crippen LogP) is 3.88. The monoisotopic (exact) mass is 375 g/mol. The van der Waals surface area contributed by atoms with Crippen LogP contribution in [0.4, 0.5) is 0 Å². The molecule has 2 atom stereocenters. The first-order chi connectivity index (χ1) is 12.8. The zero-order valence-electron chi connectivity index (χ0n) is 17.1. The Balaban J connectivity index is 1.62. The lowest BCUT2D eigenvalue weighted by Crippen LogP contribution is -2.56. The van der Waals surface area contributed by atoms with Gasteiger partial charge in [-0.1, -0.05) is 39.3 Å². The Bertz CT molecular complexity index is 672. The molecule has 0 radical (unpaired) electrons. The van der Waals surface area contributed by atoms with Crippen molar-refractivity contribution in [2.24, 2.45) is 5.41 Å². The normalized spacial score (nSPS) is 23.3. The fourth-order valence-electron chi connectivity index (χ4n) is 3.90. The first kappa shape index (κ1) is 19.9. The molecule has 1 aromatic heterocycles. The standard InChI is InChI=1S/C21H33N3O3/c1-5-6-7-19(25)24-11-10-15(12-18(24)21(2,3)4)22-20(26)16-13-17(27-23-16)14-8-9-14/h13-15,18H,5-12H2,1-4H3,(H,22,26). The van der Waals surface area contributed by atoms with Crippen LogP contribution < -0.4 is 5.32 Å². The largest absolute Gasteiger partial charge is 0.360 e. The maximum absolute atomic E-state index is 12.7. The maximum Gasteiger partial charge on any atom is 0.273 e. The number of unbranched alkanes of at least 4 members (excludes halogenated alkanes) is 1. The van der Waals surface area contributed by atoms with Crippen molar-refractivity contribution in [2.75, 3.05) is 6.54 Å². The molecule has 0 spiro atoms. The van der Waals surface area contributed by atoms with Gasteiger partial charge in [-0.25, -0.2) is 0 Å². The molecule has 6 heteroatoms. The molecule has 2 unspecified atom stereocenters. The van der Waals surface area contributed by atoms with Crippen molar-refractivity contribution in [2.45, 2.75) is 90.6 Å². The molecule has 1 saturated carbocycles. The van der Waals surface area contributed by atoms with Gasteiger partial charge in [0.2, 0.25) is 5.91 Å². The fraction of sp³-hybridized carbons (Fsp3) is 0.762. The third-order valence-electron chi connectivity index (χ3n) is 5.74. The Morgan fingerprint density at radius 1 is 1.30 bits per heavy atom. The minimum atomic E-state index is -0.172. The molecule has 1 aliphatic heterocycles. The molecule has 2 amide bonds. The zero-order chi connectivity index (χ0) is 19.6. The number of hydrogen-bond acceptors (Lipinski definition) is 4. The molecule has 1 saturated heterocycles. The quantitative estimate of drug-likeness (QED) is 0.819. The Morgan fingerprint density at radius 3 is 2.67 bits per heavy atom. The Hall–Kier alpha value is -1.85. The summed E-state index contributed by atoms with van der Waals surface area (Å²) in [6.07, 6.45) is 6.37. The van der Waals surface area contributed by atoms with E-state index in [2.05, 4.69) is 38.2 Å². The van der Waals surface area contributed by atoms with Gasteiger partial charge in [-0.2, -0.15) is 0 Å². The van der Waals surface area contributed by atoms with Crippen molar-refractivity contribution in [3.8, 4) is 0 Å². The summed E-state index contributed by atoms with van der Waals surface area (Å²) in [4.78, 5) is 27.3. The summed E-state index contributed by atoms with van der Waals surface area (Å²) in [5.41, 5.74) is 0.337. The summed E-state index contributed by atoms with van der Waals surface area (Å²) in [6, 6.07) is 1.95. The average Bonchev–Trinajstić information content (AvgIpc) is 3.35. The Labute approximate surface area is 162 Å². The predicted molar refractivity (Wildman–Crippen MR) is 103 cm³/mol. The number of hydrogen-bond donors (Lipinski definition) is 1. The lowest BCUT2D eigenvalue weighted by atomic mass is 9.79. The van der Waals surface area contributed by atoms with E-state index in [1.165, 1.54) is 0 Å². The van der Waals surface area contributed by atoms with Gasteiger partial charge >= 0.3 is 0 Å². The van der Waals surface area contributed by atoms with Gasteiger partial charge in [0, 0.05) is 37.0 Å². The van der Waals surface area contributed by atoms with E-state index in [9.17, 15) is 9.59 Å². The smallest absolute Gasteiger partial charge is 0.273 e. The van der Waals surface area contributed by atoms with E-state index in [1.807, 2.05) is 4.90 Å². The van der Waals surface area contributed by atoms with Crippen LogP contribution >= 0.6 is 0 Å². The number of carbonyl (C=O) groups excluding carboxylic acids is 2. The third kappa shape index (κ3) is 4.90. The van der Waals surface area contributed by atoms with Crippen LogP contribution in [-0.2, 0) is 4.79 Å². The van der Waals surface area contributed by atoms with E-state index in [0.29, 0.717) is 24.6 Å². The van der Waals surface area contributed by atoms with E-state index in [1.54, 1.807) is 6.07 Å². The van der Waals surface area contributed by atoms with Gasteiger partial charge in [0.1, 0.15) is 5.76 Å². The Kier molecular flexibility index (Phi) is 5.92. The second-order valence-corrected chi connectivity index (χ2v) is 9.16. The summed E-state index contributed by atoms with van der Waals surface area (Å²) >= 11 is 0. The summed E-state index contributed by atoms with van der Waals surface area (Å²) in [5.74, 6) is 1.34. The molecule has 2 aliphatic rings. The molecule has 1 aromatic rings. The Morgan fingerprint density at radius 2 is 2.04 bits per heavy atom. The highest BCUT2D eigenvalue weighted by atomic mass is 16.5. The molecule has 2 heterocycles. The van der Waals surface area contributed by atoms with E-state index in [0.717, 1.165) is 44.3 Å². The molecular weight excluding hydrogens is 342 g/mol. The fourth-order valence-corrected chi connectivity index (χ4v) is 3.90. The maximum atomic E-state index is 12.7. The third-order valence-corrected chi connectivity index (χ3v) is 5.74. The topological polar surface area (TPSA) is 75.4 Å². The molecule has 6 nitrogen and oxygen atoms in total. The summed E-state index contributed by atoms with van der Waals surface area (Å²) in [5, 5.41) is 7.05. The van der Waals surface area contributed by atoms with Crippen molar-refractivity contribution in [1.82, 2.24) is 15.4 Å². The number of piperidine rings is 1. The molecule has 1 N–H and O–H groups in total. The molecule has 3 rings (SSSR count). The van der Waals surface area contributed by atoms with E-state index < -0.39 is 0 Å². The van der Waals surface area contributed by atoms with Gasteiger partial charge in [0.15, 0.2) is 5.69 Å². The molecule has 0 bridgehead atoms. The van der Waals surface area contributed by atoms with Crippen LogP contribution in [0.3, 0.4) is 0 Å². The van der Waals surface area contributed by atoms with Gasteiger partial charge in [-0.05, 0) is 37.5 Å². The van der Waals surface area contributed by atoms with Gasteiger partial charge in [0.05, 0.1) is 0 Å². The molecule has 150 valence electrons. The summed E-state index contributed by atoms with van der Waals surface area (Å²) in [6.45, 7) is 9.31. The SMILES string of the molecule is CCCCC(=O)N1CCC(NC(=O)c2cc(C3CC3)on2)CC1C(C)(C)C. The first-order valence-corrected chi connectivity index (χ1v) is 10.4. The van der Waals surface area contributed by atoms with Gasteiger partial charge in [-0.15, -0.1) is 0 Å². The van der Waals surface area contributed by atoms with E-state index in [-0.39, 0.29) is 29.3 Å². The molecule has 2 fully saturated rings. The van der Waals surface area contributed by atoms with Crippen molar-refractivity contribution >= 4 is 11.8 Å². The van der Waals surface area contributed by atoms with Crippen molar-refractivity contribution in [1.29, 1.82) is 0 Å². The summed E-state index contributed by atoms with van der Waals surface area (Å²) < 4.78 is 5.30. The number of aromatic nitrogens is 1. The van der Waals surface area contributed by atoms with Crippen LogP contribution in [0.25, 0.3) is 0 Å². The molecule has 1 aliphatic carbocycles. The van der Waals surface area contributed by atoms with Crippen molar-refractivity contribution in [3.63, 3.8) is 0 Å². The first-order valence-electron chi connectivity index (χ1n) is 10.4. The molecular formula is C21H33N3O3. The summed E-state index contributed by atoms with van der Waals surface area (Å²) in [7, 11) is 0. The van der Waals surface area contributed by atoms with Gasteiger partial charge in [0.25, 0.3) is 5.91 Å². The van der Waals surface area contributed by atoms with E-state index >= 15 is 0 Å². The highest BCUT2D eigenvalue weighted by molar-refractivity contribution is 5.92. The van der Waals surface area contributed by atoms with Crippen LogP contribution in [0.2, 0.25) is 0 Å². The van der Waals surface area contributed by atoms with Gasteiger partial charge in [-0.3, -0.25) is 9.59 Å². The minimum absolute atomic E-state index is 0.0295. The number of nitrogens with zero attached hydrogens (tertiary/aromatic N) is 2. The highest BCUT2D eigenvalue weighted by Gasteiger charge is 2.39. The van der Waals surface area contributed by atoms with Crippen molar-refractivity contribution < 1.29 is 14.1 Å². The van der Waals surface area contributed by atoms with E-state index in [4.69, 9.17) is 4.52 Å². The molecule has 0 aromatic carbocycles. The molecule has 27 heavy (non-hydrogen) atoms. The number of likely N-dealkylation sites (tertiary alicyclic amines) is 1. The number of nitrogens with one attached hydrogen (secondary N) is 1. The highest BCUT2D eigenvalue weighted by Crippen LogP contribution is 2.40. The second kappa shape index (κ2) is 8.03. The van der Waals surface area contributed by atoms with Crippen molar-refractivity contribution in [3.05, 3.63) is 17.5 Å². The lowest BCUT2D eigenvalue weighted by Gasteiger charge is -2.46. The number of rotatable bonds is 6. The van der Waals surface area contributed by atoms with Crippen LogP contribution in [0.5, 0.6) is 0 Å². The van der Waals surface area contributed by atoms with Gasteiger partial charge < -0.3 is 14.7 Å². The number of carbonyl (C=O) groups is 2.